The summed E-state index contributed by atoms with van der Waals surface area (Å²) in [6, 6.07) is 0. The van der Waals surface area contributed by atoms with Crippen LogP contribution in [0.15, 0.2) is 4.99 Å². The second-order valence-electron chi connectivity index (χ2n) is 4.27. The van der Waals surface area contributed by atoms with Crippen molar-refractivity contribution in [2.24, 2.45) is 4.99 Å². The first-order valence-electron chi connectivity index (χ1n) is 7.52. The highest BCUT2D eigenvalue weighted by Gasteiger charge is 1.95. The Morgan fingerprint density at radius 2 is 1.60 bits per heavy atom. The number of halogens is 1. The maximum absolute atomic E-state index is 5.48. The van der Waals surface area contributed by atoms with Crippen molar-refractivity contribution in [3.63, 3.8) is 0 Å². The highest BCUT2D eigenvalue weighted by molar-refractivity contribution is 14.0. The first-order valence-corrected chi connectivity index (χ1v) is 7.52. The van der Waals surface area contributed by atoms with Gasteiger partial charge in [-0.15, -0.1) is 24.0 Å². The monoisotopic (exact) mass is 401 g/mol. The Hall–Kier alpha value is -0.0800. The maximum atomic E-state index is 5.48. The van der Waals surface area contributed by atoms with E-state index in [9.17, 15) is 0 Å². The van der Waals surface area contributed by atoms with E-state index in [4.69, 9.17) is 9.47 Å². The van der Waals surface area contributed by atoms with Crippen LogP contribution in [-0.2, 0) is 9.47 Å². The molecule has 0 aliphatic heterocycles. The normalized spacial score (nSPS) is 11.1. The number of unbranched alkanes of at least 4 members (excludes halogenated alkanes) is 1. The molecule has 0 saturated carbocycles. The number of aliphatic imine (C=N–C) groups is 1. The Morgan fingerprint density at radius 3 is 2.20 bits per heavy atom. The summed E-state index contributed by atoms with van der Waals surface area (Å²) in [6.45, 7) is 11.7. The second-order valence-corrected chi connectivity index (χ2v) is 4.27. The molecule has 122 valence electrons. The molecule has 0 amide bonds. The molecule has 6 heteroatoms. The van der Waals surface area contributed by atoms with Crippen LogP contribution < -0.4 is 10.6 Å². The maximum Gasteiger partial charge on any atom is 0.191 e. The summed E-state index contributed by atoms with van der Waals surface area (Å²) in [4.78, 5) is 4.41. The van der Waals surface area contributed by atoms with E-state index in [2.05, 4.69) is 36.4 Å². The van der Waals surface area contributed by atoms with Gasteiger partial charge in [-0.1, -0.05) is 20.3 Å². The SMILES string of the molecule is CCCCOCCOCCNC(=NCCC)NCC.I. The molecule has 20 heavy (non-hydrogen) atoms. The highest BCUT2D eigenvalue weighted by Crippen LogP contribution is 1.87. The molecule has 0 aliphatic rings. The van der Waals surface area contributed by atoms with E-state index in [-0.39, 0.29) is 24.0 Å². The fourth-order valence-corrected chi connectivity index (χ4v) is 1.38. The molecular weight excluding hydrogens is 369 g/mol. The molecule has 0 heterocycles. The number of nitrogens with one attached hydrogen (secondary N) is 2. The molecule has 0 spiro atoms. The van der Waals surface area contributed by atoms with Crippen molar-refractivity contribution in [1.29, 1.82) is 0 Å². The van der Waals surface area contributed by atoms with Gasteiger partial charge in [-0.2, -0.15) is 0 Å². The minimum absolute atomic E-state index is 0. The number of rotatable bonds is 12. The van der Waals surface area contributed by atoms with E-state index in [1.807, 2.05) is 0 Å². The Kier molecular flexibility index (Phi) is 21.0. The molecular formula is C14H32IN3O2. The second kappa shape index (κ2) is 18.9. The van der Waals surface area contributed by atoms with Crippen molar-refractivity contribution >= 4 is 29.9 Å². The van der Waals surface area contributed by atoms with Crippen LogP contribution in [-0.4, -0.2) is 52.0 Å². The topological polar surface area (TPSA) is 54.9 Å². The van der Waals surface area contributed by atoms with Gasteiger partial charge in [0.2, 0.25) is 0 Å². The van der Waals surface area contributed by atoms with Gasteiger partial charge < -0.3 is 20.1 Å². The predicted molar refractivity (Wildman–Crippen MR) is 96.2 cm³/mol. The van der Waals surface area contributed by atoms with Crippen molar-refractivity contribution in [1.82, 2.24) is 10.6 Å². The third-order valence-corrected chi connectivity index (χ3v) is 2.39. The zero-order valence-corrected chi connectivity index (χ0v) is 15.6. The van der Waals surface area contributed by atoms with Gasteiger partial charge in [0.1, 0.15) is 0 Å². The van der Waals surface area contributed by atoms with Crippen LogP contribution in [0.25, 0.3) is 0 Å². The van der Waals surface area contributed by atoms with Gasteiger partial charge >= 0.3 is 0 Å². The molecule has 0 radical (unpaired) electrons. The van der Waals surface area contributed by atoms with Crippen LogP contribution in [0.4, 0.5) is 0 Å². The lowest BCUT2D eigenvalue weighted by Gasteiger charge is -2.11. The van der Waals surface area contributed by atoms with E-state index < -0.39 is 0 Å². The number of guanidine groups is 1. The van der Waals surface area contributed by atoms with Crippen LogP contribution in [0.5, 0.6) is 0 Å². The Balaban J connectivity index is 0. The summed E-state index contributed by atoms with van der Waals surface area (Å²) in [5.74, 6) is 0.868. The lowest BCUT2D eigenvalue weighted by molar-refractivity contribution is 0.0487. The zero-order valence-electron chi connectivity index (χ0n) is 13.2. The summed E-state index contributed by atoms with van der Waals surface area (Å²) in [6.07, 6.45) is 3.36. The summed E-state index contributed by atoms with van der Waals surface area (Å²) < 4.78 is 10.9. The molecule has 2 N–H and O–H groups in total. The van der Waals surface area contributed by atoms with E-state index in [1.165, 1.54) is 6.42 Å². The van der Waals surface area contributed by atoms with Gasteiger partial charge in [0.05, 0.1) is 19.8 Å². The van der Waals surface area contributed by atoms with E-state index in [1.54, 1.807) is 0 Å². The smallest absolute Gasteiger partial charge is 0.191 e. The average Bonchev–Trinajstić information content (AvgIpc) is 2.42. The third kappa shape index (κ3) is 16.0. The minimum Gasteiger partial charge on any atom is -0.379 e. The van der Waals surface area contributed by atoms with E-state index in [0.717, 1.165) is 45.0 Å². The fraction of sp³-hybridized carbons (Fsp3) is 0.929. The van der Waals surface area contributed by atoms with Crippen molar-refractivity contribution in [2.45, 2.75) is 40.0 Å². The molecule has 0 saturated heterocycles. The first kappa shape index (κ1) is 22.2. The Morgan fingerprint density at radius 1 is 0.900 bits per heavy atom. The summed E-state index contributed by atoms with van der Waals surface area (Å²) in [5.41, 5.74) is 0. The predicted octanol–water partition coefficient (Wildman–Crippen LogP) is 2.40. The lowest BCUT2D eigenvalue weighted by Crippen LogP contribution is -2.39. The largest absolute Gasteiger partial charge is 0.379 e. The standard InChI is InChI=1S/C14H31N3O2.HI/c1-4-7-10-18-12-13-19-11-9-17-14(15-6-3)16-8-5-2;/h4-13H2,1-3H3,(H2,15,16,17);1H. The number of hydrogen-bond acceptors (Lipinski definition) is 3. The molecule has 0 aromatic carbocycles. The van der Waals surface area contributed by atoms with Crippen LogP contribution in [0.1, 0.15) is 40.0 Å². The number of hydrogen-bond donors (Lipinski definition) is 2. The van der Waals surface area contributed by atoms with E-state index in [0.29, 0.717) is 19.8 Å². The van der Waals surface area contributed by atoms with Gasteiger partial charge in [-0.25, -0.2) is 0 Å². The minimum atomic E-state index is 0. The third-order valence-electron chi connectivity index (χ3n) is 2.39. The molecule has 0 fully saturated rings. The van der Waals surface area contributed by atoms with Crippen molar-refractivity contribution in [2.75, 3.05) is 46.1 Å². The fourth-order valence-electron chi connectivity index (χ4n) is 1.38. The van der Waals surface area contributed by atoms with Gasteiger partial charge in [0, 0.05) is 26.2 Å². The van der Waals surface area contributed by atoms with Crippen molar-refractivity contribution < 1.29 is 9.47 Å². The molecule has 0 rings (SSSR count). The molecule has 0 aromatic rings. The average molecular weight is 401 g/mol. The van der Waals surface area contributed by atoms with Crippen LogP contribution in [0.3, 0.4) is 0 Å². The molecule has 0 atom stereocenters. The van der Waals surface area contributed by atoms with E-state index >= 15 is 0 Å². The zero-order chi connectivity index (χ0) is 14.2. The summed E-state index contributed by atoms with van der Waals surface area (Å²) in [5, 5.41) is 6.44. The van der Waals surface area contributed by atoms with Crippen LogP contribution in [0, 0.1) is 0 Å². The quantitative estimate of drug-likeness (QED) is 0.228. The number of nitrogens with zero attached hydrogens (tertiary/aromatic N) is 1. The first-order chi connectivity index (χ1) is 9.35. The number of ether oxygens (including phenoxy) is 2. The van der Waals surface area contributed by atoms with Gasteiger partial charge in [0.25, 0.3) is 0 Å². The molecule has 0 bridgehead atoms. The summed E-state index contributed by atoms with van der Waals surface area (Å²) >= 11 is 0. The molecule has 0 aliphatic carbocycles. The van der Waals surface area contributed by atoms with Gasteiger partial charge in [-0.3, -0.25) is 4.99 Å². The Bertz CT molecular complexity index is 217. The highest BCUT2D eigenvalue weighted by atomic mass is 127. The van der Waals surface area contributed by atoms with Crippen LogP contribution in [0.2, 0.25) is 0 Å². The lowest BCUT2D eigenvalue weighted by atomic mass is 10.4. The van der Waals surface area contributed by atoms with Crippen LogP contribution >= 0.6 is 24.0 Å². The molecule has 5 nitrogen and oxygen atoms in total. The molecule has 0 aromatic heterocycles. The van der Waals surface area contributed by atoms with Gasteiger partial charge in [-0.05, 0) is 19.8 Å². The molecule has 0 unspecified atom stereocenters. The summed E-state index contributed by atoms with van der Waals surface area (Å²) in [7, 11) is 0. The van der Waals surface area contributed by atoms with Crippen molar-refractivity contribution in [3.05, 3.63) is 0 Å². The van der Waals surface area contributed by atoms with Gasteiger partial charge in [0.15, 0.2) is 5.96 Å². The Labute approximate surface area is 141 Å². The van der Waals surface area contributed by atoms with Crippen molar-refractivity contribution in [3.8, 4) is 0 Å².